The van der Waals surface area contributed by atoms with Crippen molar-refractivity contribution >= 4 is 32.6 Å². The third-order valence-corrected chi connectivity index (χ3v) is 2.97. The topological polar surface area (TPSA) is 53.6 Å². The minimum Gasteiger partial charge on any atom is -0.331 e. The van der Waals surface area contributed by atoms with Crippen molar-refractivity contribution in [3.63, 3.8) is 0 Å². The minimum atomic E-state index is 0.717. The molecule has 0 fully saturated rings. The molecule has 0 atom stereocenters. The Morgan fingerprint density at radius 1 is 1.27 bits per heavy atom. The summed E-state index contributed by atoms with van der Waals surface area (Å²) in [5.74, 6) is 0.717. The number of aromatic nitrogens is 3. The summed E-state index contributed by atoms with van der Waals surface area (Å²) in [7, 11) is 0. The Bertz CT molecular complexity index is 537. The lowest BCUT2D eigenvalue weighted by Gasteiger charge is -1.94. The summed E-state index contributed by atoms with van der Waals surface area (Å²) < 4.78 is 1.17. The Labute approximate surface area is 90.0 Å². The first-order chi connectivity index (χ1) is 7.42. The Morgan fingerprint density at radius 2 is 2.20 bits per heavy atom. The van der Waals surface area contributed by atoms with Gasteiger partial charge in [0.05, 0.1) is 10.2 Å². The number of nitrogens with zero attached hydrogens (tertiary/aromatic N) is 2. The fraction of sp³-hybridized carbons (Fsp3) is 0. The number of aromatic amines is 1. The summed E-state index contributed by atoms with van der Waals surface area (Å²) in [6.07, 6.45) is 3.48. The molecule has 3 rings (SSSR count). The van der Waals surface area contributed by atoms with Crippen LogP contribution in [-0.4, -0.2) is 15.0 Å². The summed E-state index contributed by atoms with van der Waals surface area (Å²) in [6, 6.07) is 8.05. The molecule has 2 aromatic heterocycles. The first kappa shape index (κ1) is 8.43. The molecule has 0 amide bonds. The van der Waals surface area contributed by atoms with Crippen molar-refractivity contribution in [3.05, 3.63) is 36.7 Å². The second-order valence-electron chi connectivity index (χ2n) is 3.05. The standard InChI is InChI=1S/C10H8N4S/c1-2-4-8-7(3-1)13-10(15-8)14-9-11-5-6-12-9/h1-6H,(H2,11,12,13,14). The van der Waals surface area contributed by atoms with Crippen LogP contribution in [0, 0.1) is 0 Å². The number of nitrogens with one attached hydrogen (secondary N) is 2. The maximum absolute atomic E-state index is 4.44. The molecule has 0 saturated carbocycles. The van der Waals surface area contributed by atoms with E-state index in [-0.39, 0.29) is 0 Å². The molecule has 0 aliphatic rings. The molecule has 0 unspecified atom stereocenters. The summed E-state index contributed by atoms with van der Waals surface area (Å²) >= 11 is 1.61. The molecule has 0 aliphatic heterocycles. The number of thiazole rings is 1. The number of imidazole rings is 1. The van der Waals surface area contributed by atoms with E-state index in [4.69, 9.17) is 0 Å². The van der Waals surface area contributed by atoms with Crippen molar-refractivity contribution in [2.24, 2.45) is 0 Å². The van der Waals surface area contributed by atoms with Gasteiger partial charge in [-0.2, -0.15) is 0 Å². The summed E-state index contributed by atoms with van der Waals surface area (Å²) in [5.41, 5.74) is 1.01. The van der Waals surface area contributed by atoms with Crippen LogP contribution in [0.25, 0.3) is 10.2 Å². The summed E-state index contributed by atoms with van der Waals surface area (Å²) in [6.45, 7) is 0. The van der Waals surface area contributed by atoms with Crippen LogP contribution >= 0.6 is 11.3 Å². The predicted molar refractivity (Wildman–Crippen MR) is 61.5 cm³/mol. The SMILES string of the molecule is c1ccc2sc(Nc3ncc[nH]3)nc2c1. The fourth-order valence-corrected chi connectivity index (χ4v) is 2.23. The molecule has 15 heavy (non-hydrogen) atoms. The van der Waals surface area contributed by atoms with Crippen molar-refractivity contribution in [2.45, 2.75) is 0 Å². The summed E-state index contributed by atoms with van der Waals surface area (Å²) in [4.78, 5) is 11.5. The van der Waals surface area contributed by atoms with Crippen molar-refractivity contribution in [3.8, 4) is 0 Å². The lowest BCUT2D eigenvalue weighted by atomic mass is 10.3. The Balaban J connectivity index is 1.98. The summed E-state index contributed by atoms with van der Waals surface area (Å²) in [5, 5.41) is 3.97. The maximum atomic E-state index is 4.44. The second-order valence-corrected chi connectivity index (χ2v) is 4.08. The molecule has 0 radical (unpaired) electrons. The number of rotatable bonds is 2. The van der Waals surface area contributed by atoms with Gasteiger partial charge in [-0.15, -0.1) is 0 Å². The largest absolute Gasteiger partial charge is 0.331 e. The third kappa shape index (κ3) is 1.57. The van der Waals surface area contributed by atoms with Crippen LogP contribution in [0.1, 0.15) is 0 Å². The van der Waals surface area contributed by atoms with Gasteiger partial charge in [0.2, 0.25) is 5.95 Å². The maximum Gasteiger partial charge on any atom is 0.206 e. The normalized spacial score (nSPS) is 10.7. The number of anilines is 2. The van der Waals surface area contributed by atoms with Gasteiger partial charge in [-0.3, -0.25) is 0 Å². The van der Waals surface area contributed by atoms with E-state index in [9.17, 15) is 0 Å². The zero-order chi connectivity index (χ0) is 10.1. The van der Waals surface area contributed by atoms with E-state index in [1.54, 1.807) is 23.7 Å². The van der Waals surface area contributed by atoms with E-state index >= 15 is 0 Å². The van der Waals surface area contributed by atoms with Crippen LogP contribution in [0.2, 0.25) is 0 Å². The van der Waals surface area contributed by atoms with Crippen molar-refractivity contribution in [1.29, 1.82) is 0 Å². The van der Waals surface area contributed by atoms with Crippen molar-refractivity contribution in [2.75, 3.05) is 5.32 Å². The molecular formula is C10H8N4S. The number of hydrogen-bond acceptors (Lipinski definition) is 4. The lowest BCUT2D eigenvalue weighted by Crippen LogP contribution is -1.90. The molecule has 0 spiro atoms. The van der Waals surface area contributed by atoms with Crippen LogP contribution < -0.4 is 5.32 Å². The molecule has 5 heteroatoms. The van der Waals surface area contributed by atoms with Crippen LogP contribution in [-0.2, 0) is 0 Å². The smallest absolute Gasteiger partial charge is 0.206 e. The number of H-pyrrole nitrogens is 1. The zero-order valence-corrected chi connectivity index (χ0v) is 8.58. The second kappa shape index (κ2) is 3.36. The molecule has 3 aromatic rings. The molecular weight excluding hydrogens is 208 g/mol. The van der Waals surface area contributed by atoms with E-state index < -0.39 is 0 Å². The van der Waals surface area contributed by atoms with Gasteiger partial charge in [-0.25, -0.2) is 9.97 Å². The molecule has 0 bridgehead atoms. The number of benzene rings is 1. The van der Waals surface area contributed by atoms with E-state index in [0.717, 1.165) is 10.6 Å². The van der Waals surface area contributed by atoms with Crippen LogP contribution in [0.4, 0.5) is 11.1 Å². The van der Waals surface area contributed by atoms with Crippen LogP contribution in [0.3, 0.4) is 0 Å². The van der Waals surface area contributed by atoms with Crippen LogP contribution in [0.5, 0.6) is 0 Å². The van der Waals surface area contributed by atoms with Gasteiger partial charge in [0.25, 0.3) is 0 Å². The van der Waals surface area contributed by atoms with Gasteiger partial charge in [0.1, 0.15) is 0 Å². The first-order valence-corrected chi connectivity index (χ1v) is 5.35. The molecule has 0 saturated heterocycles. The highest BCUT2D eigenvalue weighted by molar-refractivity contribution is 7.22. The van der Waals surface area contributed by atoms with Gasteiger partial charge < -0.3 is 10.3 Å². The van der Waals surface area contributed by atoms with Gasteiger partial charge in [0.15, 0.2) is 5.13 Å². The quantitative estimate of drug-likeness (QED) is 0.692. The zero-order valence-electron chi connectivity index (χ0n) is 7.77. The van der Waals surface area contributed by atoms with Crippen LogP contribution in [0.15, 0.2) is 36.7 Å². The number of fused-ring (bicyclic) bond motifs is 1. The Kier molecular flexibility index (Phi) is 1.89. The highest BCUT2D eigenvalue weighted by atomic mass is 32.1. The monoisotopic (exact) mass is 216 g/mol. The molecule has 1 aromatic carbocycles. The molecule has 2 N–H and O–H groups in total. The fourth-order valence-electron chi connectivity index (χ4n) is 1.36. The minimum absolute atomic E-state index is 0.717. The third-order valence-electron chi connectivity index (χ3n) is 2.02. The average molecular weight is 216 g/mol. The van der Waals surface area contributed by atoms with Gasteiger partial charge in [-0.1, -0.05) is 23.5 Å². The van der Waals surface area contributed by atoms with Crippen molar-refractivity contribution < 1.29 is 0 Å². The molecule has 2 heterocycles. The Hall–Kier alpha value is -1.88. The van der Waals surface area contributed by atoms with Gasteiger partial charge in [0, 0.05) is 12.4 Å². The highest BCUT2D eigenvalue weighted by Crippen LogP contribution is 2.26. The number of hydrogen-bond donors (Lipinski definition) is 2. The molecule has 4 nitrogen and oxygen atoms in total. The van der Waals surface area contributed by atoms with Gasteiger partial charge >= 0.3 is 0 Å². The van der Waals surface area contributed by atoms with E-state index in [1.165, 1.54) is 4.70 Å². The molecule has 74 valence electrons. The van der Waals surface area contributed by atoms with E-state index in [1.807, 2.05) is 18.2 Å². The average Bonchev–Trinajstić information content (AvgIpc) is 2.86. The number of para-hydroxylation sites is 1. The first-order valence-electron chi connectivity index (χ1n) is 4.54. The Morgan fingerprint density at radius 3 is 3.00 bits per heavy atom. The van der Waals surface area contributed by atoms with E-state index in [0.29, 0.717) is 5.95 Å². The van der Waals surface area contributed by atoms with E-state index in [2.05, 4.69) is 26.3 Å². The lowest BCUT2D eigenvalue weighted by molar-refractivity contribution is 1.27. The molecule has 0 aliphatic carbocycles. The highest BCUT2D eigenvalue weighted by Gasteiger charge is 2.03. The van der Waals surface area contributed by atoms with Crippen molar-refractivity contribution in [1.82, 2.24) is 15.0 Å². The van der Waals surface area contributed by atoms with Gasteiger partial charge in [-0.05, 0) is 12.1 Å². The predicted octanol–water partition coefficient (Wildman–Crippen LogP) is 2.76.